The summed E-state index contributed by atoms with van der Waals surface area (Å²) in [5.74, 6) is -0.221. The fourth-order valence-electron chi connectivity index (χ4n) is 5.61. The smallest absolute Gasteiger partial charge is 0.216 e. The Labute approximate surface area is 193 Å². The van der Waals surface area contributed by atoms with Crippen molar-refractivity contribution in [2.45, 2.75) is 39.5 Å². The van der Waals surface area contributed by atoms with Crippen LogP contribution in [0.3, 0.4) is 0 Å². The zero-order valence-corrected chi connectivity index (χ0v) is 19.3. The van der Waals surface area contributed by atoms with Gasteiger partial charge < -0.3 is 4.42 Å². The predicted molar refractivity (Wildman–Crippen MR) is 132 cm³/mol. The van der Waals surface area contributed by atoms with Crippen molar-refractivity contribution < 1.29 is 13.4 Å². The fraction of sp³-hybridized carbons (Fsp3) is 0.233. The number of pyridine rings is 1. The predicted octanol–water partition coefficient (Wildman–Crippen LogP) is 7.38. The van der Waals surface area contributed by atoms with Crippen molar-refractivity contribution in [3.63, 3.8) is 0 Å². The molecule has 0 unspecified atom stereocenters. The van der Waals surface area contributed by atoms with E-state index in [4.69, 9.17) is 4.42 Å². The second-order valence-electron chi connectivity index (χ2n) is 9.33. The molecule has 2 heterocycles. The summed E-state index contributed by atoms with van der Waals surface area (Å²) in [7, 11) is 2.04. The summed E-state index contributed by atoms with van der Waals surface area (Å²) in [5.41, 5.74) is 10.3. The Morgan fingerprint density at radius 3 is 2.24 bits per heavy atom. The zero-order valence-electron chi connectivity index (χ0n) is 19.3. The van der Waals surface area contributed by atoms with E-state index in [9.17, 15) is 0 Å². The van der Waals surface area contributed by atoms with Crippen LogP contribution in [0.2, 0.25) is 0 Å². The van der Waals surface area contributed by atoms with Gasteiger partial charge in [-0.3, -0.25) is 0 Å². The van der Waals surface area contributed by atoms with Gasteiger partial charge in [-0.2, -0.15) is 0 Å². The molecule has 0 aliphatic heterocycles. The van der Waals surface area contributed by atoms with Crippen LogP contribution in [0.4, 0.5) is 4.39 Å². The molecule has 0 spiro atoms. The maximum atomic E-state index is 15.5. The number of hydrogen-bond donors (Lipinski definition) is 0. The molecular weight excluding hydrogens is 409 g/mol. The van der Waals surface area contributed by atoms with Crippen LogP contribution in [-0.4, -0.2) is 0 Å². The first kappa shape index (κ1) is 20.2. The van der Waals surface area contributed by atoms with Crippen LogP contribution >= 0.6 is 0 Å². The van der Waals surface area contributed by atoms with Gasteiger partial charge in [-0.25, -0.2) is 8.96 Å². The van der Waals surface area contributed by atoms with Gasteiger partial charge in [-0.15, -0.1) is 0 Å². The normalized spacial score (nSPS) is 13.6. The second-order valence-corrected chi connectivity index (χ2v) is 9.33. The van der Waals surface area contributed by atoms with Gasteiger partial charge in [-0.1, -0.05) is 24.3 Å². The molecule has 164 valence electrons. The molecule has 1 aliphatic rings. The lowest BCUT2D eigenvalue weighted by Gasteiger charge is -2.22. The molecule has 0 fully saturated rings. The van der Waals surface area contributed by atoms with Crippen LogP contribution in [0.1, 0.15) is 35.1 Å². The molecule has 5 aromatic rings. The van der Waals surface area contributed by atoms with Crippen LogP contribution in [0, 0.1) is 19.7 Å². The molecule has 1 aliphatic carbocycles. The molecule has 0 N–H and O–H groups in total. The van der Waals surface area contributed by atoms with E-state index in [0.717, 1.165) is 58.0 Å². The lowest BCUT2D eigenvalue weighted by Crippen LogP contribution is -2.30. The van der Waals surface area contributed by atoms with Gasteiger partial charge in [0.25, 0.3) is 0 Å². The molecule has 0 amide bonds. The van der Waals surface area contributed by atoms with Gasteiger partial charge in [0.05, 0.1) is 11.1 Å². The van der Waals surface area contributed by atoms with E-state index in [1.807, 2.05) is 31.4 Å². The van der Waals surface area contributed by atoms with Gasteiger partial charge in [0, 0.05) is 22.9 Å². The number of furan rings is 1. The van der Waals surface area contributed by atoms with Crippen molar-refractivity contribution >= 4 is 21.9 Å². The highest BCUT2D eigenvalue weighted by atomic mass is 19.1. The first-order chi connectivity index (χ1) is 16.0. The van der Waals surface area contributed by atoms with Crippen LogP contribution in [-0.2, 0) is 19.9 Å². The third-order valence-electron chi connectivity index (χ3n) is 7.32. The number of nitrogens with zero attached hydrogens (tertiary/aromatic N) is 1. The molecule has 3 aromatic carbocycles. The average molecular weight is 437 g/mol. The maximum Gasteiger partial charge on any atom is 0.216 e. The number of aromatic nitrogens is 1. The van der Waals surface area contributed by atoms with Crippen molar-refractivity contribution in [3.05, 3.63) is 88.9 Å². The van der Waals surface area contributed by atoms with E-state index in [-0.39, 0.29) is 5.82 Å². The topological polar surface area (TPSA) is 17.0 Å². The SMILES string of the molecule is Cc1ccc(-c2c(F)ccc3c2oc2c(-c4cccc[n+]4C)c(C)ccc23)c2c1CCCC2. The van der Waals surface area contributed by atoms with Crippen LogP contribution < -0.4 is 4.57 Å². The van der Waals surface area contributed by atoms with Crippen LogP contribution in [0.5, 0.6) is 0 Å². The number of fused-ring (bicyclic) bond motifs is 4. The van der Waals surface area contributed by atoms with Crippen LogP contribution in [0.25, 0.3) is 44.3 Å². The Kier molecular flexibility index (Phi) is 4.62. The summed E-state index contributed by atoms with van der Waals surface area (Å²) < 4.78 is 24.2. The quantitative estimate of drug-likeness (QED) is 0.264. The van der Waals surface area contributed by atoms with E-state index in [2.05, 4.69) is 48.7 Å². The molecule has 2 nitrogen and oxygen atoms in total. The van der Waals surface area contributed by atoms with Crippen LogP contribution in [0.15, 0.2) is 65.2 Å². The number of halogens is 1. The number of hydrogen-bond acceptors (Lipinski definition) is 1. The molecule has 0 saturated heterocycles. The molecule has 0 atom stereocenters. The van der Waals surface area contributed by atoms with Crippen molar-refractivity contribution in [3.8, 4) is 22.4 Å². The number of rotatable bonds is 2. The van der Waals surface area contributed by atoms with E-state index in [1.54, 1.807) is 6.07 Å². The maximum absolute atomic E-state index is 15.5. The minimum Gasteiger partial charge on any atom is -0.454 e. The highest BCUT2D eigenvalue weighted by molar-refractivity contribution is 6.13. The second kappa shape index (κ2) is 7.55. The molecule has 0 bridgehead atoms. The third kappa shape index (κ3) is 3.02. The largest absolute Gasteiger partial charge is 0.454 e. The first-order valence-electron chi connectivity index (χ1n) is 11.8. The molecule has 0 radical (unpaired) electrons. The Balaban J connectivity index is 1.71. The number of benzene rings is 3. The molecule has 3 heteroatoms. The lowest BCUT2D eigenvalue weighted by atomic mass is 9.83. The van der Waals surface area contributed by atoms with Crippen molar-refractivity contribution in [1.82, 2.24) is 0 Å². The van der Waals surface area contributed by atoms with Gasteiger partial charge in [0.1, 0.15) is 24.0 Å². The van der Waals surface area contributed by atoms with Gasteiger partial charge >= 0.3 is 0 Å². The Morgan fingerprint density at radius 2 is 1.45 bits per heavy atom. The van der Waals surface area contributed by atoms with Crippen molar-refractivity contribution in [2.24, 2.45) is 7.05 Å². The monoisotopic (exact) mass is 436 g/mol. The third-order valence-corrected chi connectivity index (χ3v) is 7.32. The minimum absolute atomic E-state index is 0.221. The van der Waals surface area contributed by atoms with Crippen molar-refractivity contribution in [2.75, 3.05) is 0 Å². The Hall–Kier alpha value is -3.46. The molecule has 0 saturated carbocycles. The van der Waals surface area contributed by atoms with Gasteiger partial charge in [0.15, 0.2) is 6.20 Å². The molecular formula is C30H27FNO+. The molecule has 33 heavy (non-hydrogen) atoms. The van der Waals surface area contributed by atoms with E-state index >= 15 is 4.39 Å². The van der Waals surface area contributed by atoms with Gasteiger partial charge in [-0.05, 0) is 85.5 Å². The average Bonchev–Trinajstić information content (AvgIpc) is 3.19. The fourth-order valence-corrected chi connectivity index (χ4v) is 5.61. The summed E-state index contributed by atoms with van der Waals surface area (Å²) in [4.78, 5) is 0. The first-order valence-corrected chi connectivity index (χ1v) is 11.8. The summed E-state index contributed by atoms with van der Waals surface area (Å²) >= 11 is 0. The zero-order chi connectivity index (χ0) is 22.7. The van der Waals surface area contributed by atoms with Crippen molar-refractivity contribution in [1.29, 1.82) is 0 Å². The minimum atomic E-state index is -0.221. The Morgan fingerprint density at radius 1 is 0.758 bits per heavy atom. The highest BCUT2D eigenvalue weighted by Crippen LogP contribution is 2.43. The standard InChI is InChI=1S/C30H27FNO/c1-18-11-13-22(21-9-5-4-8-20(18)21)28-25(31)16-15-24-23-14-12-19(2)27(29(23)33-30(24)28)26-10-6-7-17-32(26)3/h6-7,10-17H,4-5,8-9H2,1-3H3/q+1. The van der Waals surface area contributed by atoms with E-state index < -0.39 is 0 Å². The summed E-state index contributed by atoms with van der Waals surface area (Å²) in [5, 5.41) is 1.99. The summed E-state index contributed by atoms with van der Waals surface area (Å²) in [6.07, 6.45) is 6.45. The Bertz CT molecular complexity index is 1560. The number of aryl methyl sites for hydroxylation is 3. The van der Waals surface area contributed by atoms with Gasteiger partial charge in [0.2, 0.25) is 5.69 Å². The van der Waals surface area contributed by atoms with E-state index in [1.165, 1.54) is 23.1 Å². The molecule has 2 aromatic heterocycles. The van der Waals surface area contributed by atoms with E-state index in [0.29, 0.717) is 11.1 Å². The lowest BCUT2D eigenvalue weighted by molar-refractivity contribution is -0.660. The molecule has 6 rings (SSSR count). The summed E-state index contributed by atoms with van der Waals surface area (Å²) in [6.45, 7) is 4.27. The highest BCUT2D eigenvalue weighted by Gasteiger charge is 2.25. The summed E-state index contributed by atoms with van der Waals surface area (Å²) in [6, 6.07) is 18.1.